The van der Waals surface area contributed by atoms with Crippen molar-refractivity contribution >= 4 is 29.8 Å². The van der Waals surface area contributed by atoms with Crippen LogP contribution in [0.15, 0.2) is 18.2 Å². The molecule has 166 valence electrons. The highest BCUT2D eigenvalue weighted by Crippen LogP contribution is 2.40. The highest BCUT2D eigenvalue weighted by Gasteiger charge is 2.32. The first-order valence-electron chi connectivity index (χ1n) is 10.3. The van der Waals surface area contributed by atoms with Crippen molar-refractivity contribution in [3.05, 3.63) is 23.8 Å². The van der Waals surface area contributed by atoms with Crippen molar-refractivity contribution in [3.8, 4) is 0 Å². The second-order valence-corrected chi connectivity index (χ2v) is 8.79. The van der Waals surface area contributed by atoms with Crippen LogP contribution >= 0.6 is 12.4 Å². The molecule has 2 fully saturated rings. The quantitative estimate of drug-likeness (QED) is 0.603. The molecular formula is C22H37ClN2O4. The molecular weight excluding hydrogens is 392 g/mol. The van der Waals surface area contributed by atoms with Crippen LogP contribution in [0, 0.1) is 11.3 Å². The van der Waals surface area contributed by atoms with Crippen LogP contribution in [0.3, 0.4) is 0 Å². The third-order valence-electron chi connectivity index (χ3n) is 5.23. The molecule has 6 nitrogen and oxygen atoms in total. The molecule has 0 bridgehead atoms. The number of carboxylic acids is 1. The number of aliphatic carboxylic acids is 1. The molecule has 1 heterocycles. The van der Waals surface area contributed by atoms with Gasteiger partial charge in [-0.05, 0) is 54.7 Å². The van der Waals surface area contributed by atoms with Crippen LogP contribution in [0.4, 0.5) is 11.4 Å². The molecule has 29 heavy (non-hydrogen) atoms. The Bertz CT molecular complexity index is 624. The lowest BCUT2D eigenvalue weighted by molar-refractivity contribution is -0.136. The summed E-state index contributed by atoms with van der Waals surface area (Å²) in [5.74, 6) is -0.0588. The second kappa shape index (κ2) is 12.3. The Morgan fingerprint density at radius 3 is 2.31 bits per heavy atom. The largest absolute Gasteiger partial charge is 0.481 e. The number of halogens is 1. The highest BCUT2D eigenvalue weighted by molar-refractivity contribution is 5.85. The lowest BCUT2D eigenvalue weighted by atomic mass is 9.70. The first-order chi connectivity index (χ1) is 13.2. The van der Waals surface area contributed by atoms with Crippen molar-refractivity contribution in [1.82, 2.24) is 0 Å². The monoisotopic (exact) mass is 428 g/mol. The van der Waals surface area contributed by atoms with Gasteiger partial charge in [-0.2, -0.15) is 0 Å². The molecule has 1 saturated heterocycles. The van der Waals surface area contributed by atoms with Crippen molar-refractivity contribution in [2.45, 2.75) is 58.9 Å². The van der Waals surface area contributed by atoms with Gasteiger partial charge in [0.15, 0.2) is 0 Å². The summed E-state index contributed by atoms with van der Waals surface area (Å²) < 4.78 is 9.89. The summed E-state index contributed by atoms with van der Waals surface area (Å²) in [6, 6.07) is 6.30. The Morgan fingerprint density at radius 1 is 1.21 bits per heavy atom. The molecule has 1 aliphatic heterocycles. The average molecular weight is 429 g/mol. The van der Waals surface area contributed by atoms with Gasteiger partial charge in [0, 0.05) is 12.5 Å². The van der Waals surface area contributed by atoms with Crippen LogP contribution in [0.1, 0.15) is 52.0 Å². The third-order valence-corrected chi connectivity index (χ3v) is 5.23. The smallest absolute Gasteiger partial charge is 0.303 e. The van der Waals surface area contributed by atoms with Gasteiger partial charge in [-0.3, -0.25) is 4.79 Å². The van der Waals surface area contributed by atoms with E-state index in [1.165, 1.54) is 12.8 Å². The van der Waals surface area contributed by atoms with Crippen molar-refractivity contribution < 1.29 is 19.4 Å². The summed E-state index contributed by atoms with van der Waals surface area (Å²) in [5.41, 5.74) is 9.15. The molecule has 7 heteroatoms. The van der Waals surface area contributed by atoms with E-state index >= 15 is 0 Å². The Labute approximate surface area is 180 Å². The van der Waals surface area contributed by atoms with E-state index in [0.717, 1.165) is 50.0 Å². The van der Waals surface area contributed by atoms with Gasteiger partial charge in [-0.25, -0.2) is 0 Å². The van der Waals surface area contributed by atoms with E-state index in [4.69, 9.17) is 20.3 Å². The Balaban J connectivity index is 0.000000514. The predicted molar refractivity (Wildman–Crippen MR) is 120 cm³/mol. The second-order valence-electron chi connectivity index (χ2n) is 8.79. The fourth-order valence-corrected chi connectivity index (χ4v) is 4.27. The molecule has 1 aliphatic carbocycles. The number of anilines is 2. The number of carboxylic acid groups (broad SMARTS) is 1. The van der Waals surface area contributed by atoms with Crippen LogP contribution in [0.25, 0.3) is 0 Å². The normalized spacial score (nSPS) is 23.1. The lowest BCUT2D eigenvalue weighted by Crippen LogP contribution is -2.35. The van der Waals surface area contributed by atoms with Crippen LogP contribution in [-0.4, -0.2) is 43.5 Å². The summed E-state index contributed by atoms with van der Waals surface area (Å²) in [7, 11) is 0. The van der Waals surface area contributed by atoms with Crippen molar-refractivity contribution in [1.29, 1.82) is 0 Å². The Kier molecular flexibility index (Phi) is 10.8. The molecule has 4 N–H and O–H groups in total. The SMILES string of the molecule is C1COCCO1.C[C@H]1C[C@@H](Nc2ccc(CCC(=O)O)cc2N)CC(C)(C)C1.Cl. The zero-order valence-corrected chi connectivity index (χ0v) is 18.7. The van der Waals surface area contributed by atoms with E-state index in [0.29, 0.717) is 23.6 Å². The number of nitrogens with one attached hydrogen (secondary N) is 1. The van der Waals surface area contributed by atoms with Gasteiger partial charge in [-0.15, -0.1) is 12.4 Å². The molecule has 0 spiro atoms. The van der Waals surface area contributed by atoms with Gasteiger partial charge >= 0.3 is 5.97 Å². The van der Waals surface area contributed by atoms with E-state index in [9.17, 15) is 4.79 Å². The molecule has 0 radical (unpaired) electrons. The minimum atomic E-state index is -0.779. The molecule has 0 aromatic heterocycles. The fraction of sp³-hybridized carbons (Fsp3) is 0.682. The molecule has 0 amide bonds. The third kappa shape index (κ3) is 9.70. The number of aryl methyl sites for hydroxylation is 1. The minimum Gasteiger partial charge on any atom is -0.481 e. The fourth-order valence-electron chi connectivity index (χ4n) is 4.27. The number of carbonyl (C=O) groups is 1. The summed E-state index contributed by atoms with van der Waals surface area (Å²) in [6.45, 7) is 10.1. The van der Waals surface area contributed by atoms with Gasteiger partial charge < -0.3 is 25.6 Å². The van der Waals surface area contributed by atoms with Gasteiger partial charge in [0.25, 0.3) is 0 Å². The van der Waals surface area contributed by atoms with Gasteiger partial charge in [0.1, 0.15) is 0 Å². The van der Waals surface area contributed by atoms with Crippen LogP contribution in [0.5, 0.6) is 0 Å². The maximum atomic E-state index is 10.6. The number of nitrogens with two attached hydrogens (primary N) is 1. The van der Waals surface area contributed by atoms with Crippen LogP contribution < -0.4 is 11.1 Å². The average Bonchev–Trinajstić information content (AvgIpc) is 2.62. The molecule has 1 aromatic rings. The standard InChI is InChI=1S/C18H28N2O2.C4H8O2.ClH/c1-12-8-14(11-18(2,3)10-12)20-16-6-4-13(9-15(16)19)5-7-17(21)22;1-2-6-4-3-5-1;/h4,6,9,12,14,20H,5,7-8,10-11,19H2,1-3H3,(H,21,22);1-4H2;1H/t12-,14+;;/m0../s1. The number of benzene rings is 1. The zero-order valence-electron chi connectivity index (χ0n) is 17.9. The van der Waals surface area contributed by atoms with E-state index < -0.39 is 5.97 Å². The Morgan fingerprint density at radius 2 is 1.83 bits per heavy atom. The maximum absolute atomic E-state index is 10.6. The van der Waals surface area contributed by atoms with Crippen LogP contribution in [-0.2, 0) is 20.7 Å². The van der Waals surface area contributed by atoms with E-state index in [2.05, 4.69) is 26.1 Å². The van der Waals surface area contributed by atoms with Crippen molar-refractivity contribution in [3.63, 3.8) is 0 Å². The zero-order chi connectivity index (χ0) is 20.6. The molecule has 0 unspecified atom stereocenters. The molecule has 3 rings (SSSR count). The summed E-state index contributed by atoms with van der Waals surface area (Å²) in [5, 5.41) is 12.3. The number of hydrogen-bond donors (Lipinski definition) is 3. The number of hydrogen-bond acceptors (Lipinski definition) is 5. The molecule has 1 saturated carbocycles. The summed E-state index contributed by atoms with van der Waals surface area (Å²) >= 11 is 0. The topological polar surface area (TPSA) is 93.8 Å². The number of nitrogen functional groups attached to an aromatic ring is 1. The summed E-state index contributed by atoms with van der Waals surface area (Å²) in [4.78, 5) is 10.6. The number of rotatable bonds is 5. The Hall–Kier alpha value is -1.50. The molecule has 2 atom stereocenters. The first-order valence-corrected chi connectivity index (χ1v) is 10.3. The van der Waals surface area contributed by atoms with E-state index in [1.54, 1.807) is 0 Å². The van der Waals surface area contributed by atoms with Gasteiger partial charge in [-0.1, -0.05) is 26.8 Å². The maximum Gasteiger partial charge on any atom is 0.303 e. The minimum absolute atomic E-state index is 0. The number of ether oxygens (including phenoxy) is 2. The van der Waals surface area contributed by atoms with Crippen molar-refractivity contribution in [2.24, 2.45) is 11.3 Å². The highest BCUT2D eigenvalue weighted by atomic mass is 35.5. The van der Waals surface area contributed by atoms with Gasteiger partial charge in [0.2, 0.25) is 0 Å². The first kappa shape index (κ1) is 25.5. The molecule has 1 aromatic carbocycles. The van der Waals surface area contributed by atoms with E-state index in [1.807, 2.05) is 18.2 Å². The van der Waals surface area contributed by atoms with E-state index in [-0.39, 0.29) is 18.8 Å². The van der Waals surface area contributed by atoms with Gasteiger partial charge in [0.05, 0.1) is 37.8 Å². The summed E-state index contributed by atoms with van der Waals surface area (Å²) in [6.07, 6.45) is 4.25. The lowest BCUT2D eigenvalue weighted by Gasteiger charge is -2.39. The van der Waals surface area contributed by atoms with Crippen molar-refractivity contribution in [2.75, 3.05) is 37.5 Å². The predicted octanol–water partition coefficient (Wildman–Crippen LogP) is 4.37. The molecule has 2 aliphatic rings. The van der Waals surface area contributed by atoms with Crippen LogP contribution in [0.2, 0.25) is 0 Å².